The molecular formula is C54H36N2O. The fraction of sp³-hybridized carbons (Fsp3) is 0. The molecule has 0 spiro atoms. The van der Waals surface area contributed by atoms with E-state index in [-0.39, 0.29) is 0 Å². The van der Waals surface area contributed by atoms with E-state index in [1.54, 1.807) is 0 Å². The van der Waals surface area contributed by atoms with Crippen molar-refractivity contribution in [2.75, 3.05) is 4.90 Å². The van der Waals surface area contributed by atoms with Gasteiger partial charge in [0, 0.05) is 38.8 Å². The lowest BCUT2D eigenvalue weighted by Gasteiger charge is -2.27. The topological polar surface area (TPSA) is 21.3 Å². The second-order valence-corrected chi connectivity index (χ2v) is 14.5. The fourth-order valence-corrected chi connectivity index (χ4v) is 8.51. The summed E-state index contributed by atoms with van der Waals surface area (Å²) in [4.78, 5) is 2.37. The van der Waals surface area contributed by atoms with E-state index in [4.69, 9.17) is 4.42 Å². The van der Waals surface area contributed by atoms with Crippen molar-refractivity contribution in [1.29, 1.82) is 0 Å². The molecule has 0 bridgehead atoms. The zero-order chi connectivity index (χ0) is 37.7. The third kappa shape index (κ3) is 5.60. The molecule has 0 saturated heterocycles. The third-order valence-electron chi connectivity index (χ3n) is 11.2. The van der Waals surface area contributed by atoms with Crippen molar-refractivity contribution >= 4 is 60.8 Å². The first-order chi connectivity index (χ1) is 28.3. The third-order valence-corrected chi connectivity index (χ3v) is 11.2. The van der Waals surface area contributed by atoms with Gasteiger partial charge in [0.25, 0.3) is 0 Å². The minimum absolute atomic E-state index is 0.863. The van der Waals surface area contributed by atoms with E-state index in [9.17, 15) is 0 Å². The van der Waals surface area contributed by atoms with Gasteiger partial charge >= 0.3 is 0 Å². The lowest BCUT2D eigenvalue weighted by Crippen LogP contribution is -2.10. The van der Waals surface area contributed by atoms with Crippen LogP contribution < -0.4 is 4.90 Å². The number of furan rings is 1. The molecule has 57 heavy (non-hydrogen) atoms. The van der Waals surface area contributed by atoms with E-state index in [0.29, 0.717) is 0 Å². The van der Waals surface area contributed by atoms with Gasteiger partial charge in [-0.25, -0.2) is 0 Å². The molecule has 0 fully saturated rings. The van der Waals surface area contributed by atoms with Gasteiger partial charge in [0.15, 0.2) is 0 Å². The average Bonchev–Trinajstić information content (AvgIpc) is 3.84. The van der Waals surface area contributed by atoms with Crippen LogP contribution in [-0.4, -0.2) is 4.57 Å². The molecule has 0 atom stereocenters. The Hall–Kier alpha value is -7.62. The molecule has 11 aromatic rings. The van der Waals surface area contributed by atoms with E-state index in [0.717, 1.165) is 55.8 Å². The van der Waals surface area contributed by atoms with Crippen LogP contribution in [0.5, 0.6) is 0 Å². The number of rotatable bonds is 7. The maximum Gasteiger partial charge on any atom is 0.145 e. The zero-order valence-corrected chi connectivity index (χ0v) is 31.1. The summed E-state index contributed by atoms with van der Waals surface area (Å²) >= 11 is 0. The summed E-state index contributed by atoms with van der Waals surface area (Å²) in [6, 6.07) is 77.9. The molecule has 3 heteroatoms. The van der Waals surface area contributed by atoms with Gasteiger partial charge < -0.3 is 13.9 Å². The van der Waals surface area contributed by atoms with Gasteiger partial charge in [-0.2, -0.15) is 0 Å². The molecule has 2 heterocycles. The summed E-state index contributed by atoms with van der Waals surface area (Å²) in [7, 11) is 0. The zero-order valence-electron chi connectivity index (χ0n) is 31.1. The highest BCUT2D eigenvalue weighted by atomic mass is 16.3. The van der Waals surface area contributed by atoms with Gasteiger partial charge in [0.1, 0.15) is 11.2 Å². The molecule has 0 amide bonds. The molecular weight excluding hydrogens is 693 g/mol. The summed E-state index contributed by atoms with van der Waals surface area (Å²) in [5.41, 5.74) is 15.3. The number of fused-ring (bicyclic) bond motifs is 6. The summed E-state index contributed by atoms with van der Waals surface area (Å²) in [5.74, 6) is 0. The first kappa shape index (κ1) is 32.8. The number of para-hydroxylation sites is 3. The van der Waals surface area contributed by atoms with Gasteiger partial charge in [0.2, 0.25) is 0 Å². The monoisotopic (exact) mass is 728 g/mol. The Kier molecular flexibility index (Phi) is 7.82. The molecule has 268 valence electrons. The number of aromatic nitrogens is 1. The maximum atomic E-state index is 6.90. The largest absolute Gasteiger partial charge is 0.455 e. The predicted molar refractivity (Wildman–Crippen MR) is 239 cm³/mol. The second kappa shape index (κ2) is 13.6. The first-order valence-corrected chi connectivity index (χ1v) is 19.4. The first-order valence-electron chi connectivity index (χ1n) is 19.4. The van der Waals surface area contributed by atoms with Crippen molar-refractivity contribution < 1.29 is 4.42 Å². The van der Waals surface area contributed by atoms with Crippen LogP contribution in [0.3, 0.4) is 0 Å². The van der Waals surface area contributed by atoms with Crippen LogP contribution in [0.1, 0.15) is 0 Å². The molecule has 0 aliphatic carbocycles. The average molecular weight is 729 g/mol. The summed E-state index contributed by atoms with van der Waals surface area (Å²) in [5, 5.41) is 4.59. The Balaban J connectivity index is 1.12. The van der Waals surface area contributed by atoms with Gasteiger partial charge in [-0.1, -0.05) is 146 Å². The lowest BCUT2D eigenvalue weighted by atomic mass is 9.98. The number of nitrogens with zero attached hydrogens (tertiary/aromatic N) is 2. The minimum atomic E-state index is 0.863. The molecule has 0 N–H and O–H groups in total. The predicted octanol–water partition coefficient (Wildman–Crippen LogP) is 15.2. The van der Waals surface area contributed by atoms with Crippen molar-refractivity contribution in [3.63, 3.8) is 0 Å². The molecule has 3 nitrogen and oxygen atoms in total. The Morgan fingerprint density at radius 2 is 0.877 bits per heavy atom. The Morgan fingerprint density at radius 3 is 1.53 bits per heavy atom. The van der Waals surface area contributed by atoms with E-state index >= 15 is 0 Å². The van der Waals surface area contributed by atoms with Gasteiger partial charge in [0.05, 0.1) is 22.1 Å². The fourth-order valence-electron chi connectivity index (χ4n) is 8.51. The van der Waals surface area contributed by atoms with Crippen LogP contribution in [-0.2, 0) is 0 Å². The number of hydrogen-bond donors (Lipinski definition) is 0. The summed E-state index contributed by atoms with van der Waals surface area (Å²) in [6.07, 6.45) is 0. The summed E-state index contributed by atoms with van der Waals surface area (Å²) in [6.45, 7) is 0. The second-order valence-electron chi connectivity index (χ2n) is 14.5. The Labute approximate surface area is 330 Å². The molecule has 2 aromatic heterocycles. The highest BCUT2D eigenvalue weighted by Crippen LogP contribution is 2.47. The van der Waals surface area contributed by atoms with E-state index < -0.39 is 0 Å². The normalized spacial score (nSPS) is 11.5. The molecule has 0 radical (unpaired) electrons. The van der Waals surface area contributed by atoms with Crippen molar-refractivity contribution in [2.24, 2.45) is 0 Å². The molecule has 0 saturated carbocycles. The van der Waals surface area contributed by atoms with Crippen LogP contribution in [0.4, 0.5) is 17.1 Å². The van der Waals surface area contributed by atoms with Crippen molar-refractivity contribution in [2.45, 2.75) is 0 Å². The molecule has 0 unspecified atom stereocenters. The standard InChI is InChI=1S/C54H36N2O/c1-4-14-37(15-5-1)39-24-29-43(30-25-39)55(44-31-26-40(27-32-44)38-16-6-2-7-17-38)51-35-33-45(54-53(51)47-21-11-13-23-52(47)57-54)41-28-34-50-48(36-41)46-20-10-12-22-49(46)56(50)42-18-8-3-9-19-42/h1-36H. The number of anilines is 3. The lowest BCUT2D eigenvalue weighted by molar-refractivity contribution is 0.670. The van der Waals surface area contributed by atoms with Crippen molar-refractivity contribution in [3.05, 3.63) is 218 Å². The van der Waals surface area contributed by atoms with Crippen LogP contribution >= 0.6 is 0 Å². The van der Waals surface area contributed by atoms with Crippen molar-refractivity contribution in [1.82, 2.24) is 4.57 Å². The maximum absolute atomic E-state index is 6.90. The van der Waals surface area contributed by atoms with Crippen LogP contribution in [0.15, 0.2) is 223 Å². The highest BCUT2D eigenvalue weighted by Gasteiger charge is 2.23. The SMILES string of the molecule is c1ccc(-c2ccc(N(c3ccc(-c4ccccc4)cc3)c3ccc(-c4ccc5c(c4)c4ccccc4n5-c4ccccc4)c4oc5ccccc5c34)cc2)cc1. The van der Waals surface area contributed by atoms with Gasteiger partial charge in [-0.15, -0.1) is 0 Å². The minimum Gasteiger partial charge on any atom is -0.455 e. The van der Waals surface area contributed by atoms with Gasteiger partial charge in [-0.05, 0) is 101 Å². The molecule has 11 rings (SSSR count). The van der Waals surface area contributed by atoms with E-state index in [1.807, 2.05) is 0 Å². The van der Waals surface area contributed by atoms with Crippen molar-refractivity contribution in [3.8, 4) is 39.1 Å². The molecule has 9 aromatic carbocycles. The Bertz CT molecular complexity index is 3120. The van der Waals surface area contributed by atoms with Crippen LogP contribution in [0.25, 0.3) is 82.8 Å². The van der Waals surface area contributed by atoms with Gasteiger partial charge in [-0.3, -0.25) is 0 Å². The number of benzene rings is 9. The Morgan fingerprint density at radius 1 is 0.368 bits per heavy atom. The number of hydrogen-bond acceptors (Lipinski definition) is 2. The summed E-state index contributed by atoms with van der Waals surface area (Å²) < 4.78 is 9.26. The molecule has 0 aliphatic rings. The van der Waals surface area contributed by atoms with Crippen LogP contribution in [0.2, 0.25) is 0 Å². The van der Waals surface area contributed by atoms with Crippen LogP contribution in [0, 0.1) is 0 Å². The van der Waals surface area contributed by atoms with E-state index in [1.165, 1.54) is 44.1 Å². The smallest absolute Gasteiger partial charge is 0.145 e. The van der Waals surface area contributed by atoms with E-state index in [2.05, 4.69) is 228 Å². The highest BCUT2D eigenvalue weighted by molar-refractivity contribution is 6.18. The quantitative estimate of drug-likeness (QED) is 0.163. The molecule has 0 aliphatic heterocycles.